The number of nitrogens with one attached hydrogen (secondary N) is 2. The quantitative estimate of drug-likeness (QED) is 0.450. The highest BCUT2D eigenvalue weighted by molar-refractivity contribution is 5.89. The van der Waals surface area contributed by atoms with E-state index in [9.17, 15) is 14.4 Å². The number of carboxylic acid groups (broad SMARTS) is 1. The van der Waals surface area contributed by atoms with Gasteiger partial charge in [0, 0.05) is 0 Å². The molecule has 0 rings (SSSR count). The number of urea groups is 1. The Morgan fingerprint density at radius 1 is 1.36 bits per heavy atom. The van der Waals surface area contributed by atoms with E-state index in [1.54, 1.807) is 0 Å². The highest BCUT2D eigenvalue weighted by Gasteiger charge is 2.26. The highest BCUT2D eigenvalue weighted by Crippen LogP contribution is 1.98. The second-order valence-corrected chi connectivity index (χ2v) is 3.19. The van der Waals surface area contributed by atoms with Crippen LogP contribution in [0, 0.1) is 0 Å². The van der Waals surface area contributed by atoms with E-state index in [1.807, 2.05) is 5.32 Å². The summed E-state index contributed by atoms with van der Waals surface area (Å²) in [5.74, 6) is -1.87. The summed E-state index contributed by atoms with van der Waals surface area (Å²) in [6.45, 7) is 2.31. The second kappa shape index (κ2) is 4.45. The number of nitrogens with two attached hydrogens (primary N) is 1. The monoisotopic (exact) mass is 203 g/mol. The number of carbonyl (C=O) groups is 3. The molecule has 80 valence electrons. The molecule has 0 aliphatic carbocycles. The van der Waals surface area contributed by atoms with Gasteiger partial charge in [-0.05, 0) is 13.8 Å². The summed E-state index contributed by atoms with van der Waals surface area (Å²) in [7, 11) is 0. The minimum atomic E-state index is -1.21. The minimum absolute atomic E-state index is 0.513. The molecule has 0 saturated carbocycles. The average Bonchev–Trinajstić information content (AvgIpc) is 1.99. The number of amides is 3. The molecule has 14 heavy (non-hydrogen) atoms. The molecule has 0 fully saturated rings. The SMILES string of the molecule is CC(C)(NC(=O)NCC(=O)O)C(N)=O. The Hall–Kier alpha value is -1.79. The van der Waals surface area contributed by atoms with Crippen molar-refractivity contribution < 1.29 is 19.5 Å². The first-order valence-electron chi connectivity index (χ1n) is 3.83. The summed E-state index contributed by atoms with van der Waals surface area (Å²) in [5, 5.41) is 12.5. The first kappa shape index (κ1) is 12.2. The lowest BCUT2D eigenvalue weighted by molar-refractivity contribution is -0.135. The van der Waals surface area contributed by atoms with E-state index in [0.29, 0.717) is 0 Å². The first-order valence-corrected chi connectivity index (χ1v) is 3.83. The Kier molecular flexibility index (Phi) is 3.88. The van der Waals surface area contributed by atoms with E-state index in [2.05, 4.69) is 5.32 Å². The molecule has 0 unspecified atom stereocenters. The zero-order valence-corrected chi connectivity index (χ0v) is 7.96. The zero-order valence-electron chi connectivity index (χ0n) is 7.96. The predicted octanol–water partition coefficient (Wildman–Crippen LogP) is -1.37. The molecule has 0 radical (unpaired) electrons. The highest BCUT2D eigenvalue weighted by atomic mass is 16.4. The van der Waals surface area contributed by atoms with Crippen molar-refractivity contribution in [3.8, 4) is 0 Å². The summed E-state index contributed by atoms with van der Waals surface area (Å²) in [4.78, 5) is 31.8. The van der Waals surface area contributed by atoms with Crippen LogP contribution < -0.4 is 16.4 Å². The molecule has 3 amide bonds. The number of carboxylic acids is 1. The van der Waals surface area contributed by atoms with E-state index in [1.165, 1.54) is 13.8 Å². The van der Waals surface area contributed by atoms with Crippen LogP contribution in [0.5, 0.6) is 0 Å². The summed E-state index contributed by atoms with van der Waals surface area (Å²) in [5.41, 5.74) is 3.77. The van der Waals surface area contributed by atoms with Crippen molar-refractivity contribution in [2.75, 3.05) is 6.54 Å². The lowest BCUT2D eigenvalue weighted by Crippen LogP contribution is -2.56. The van der Waals surface area contributed by atoms with Crippen LogP contribution in [0.25, 0.3) is 0 Å². The smallest absolute Gasteiger partial charge is 0.323 e. The van der Waals surface area contributed by atoms with Crippen LogP contribution in [-0.4, -0.2) is 35.1 Å². The molecule has 0 aliphatic heterocycles. The fraction of sp³-hybridized carbons (Fsp3) is 0.571. The first-order chi connectivity index (χ1) is 6.25. The second-order valence-electron chi connectivity index (χ2n) is 3.19. The maximum Gasteiger partial charge on any atom is 0.323 e. The molecule has 0 aromatic heterocycles. The van der Waals surface area contributed by atoms with Crippen LogP contribution in [0.2, 0.25) is 0 Å². The van der Waals surface area contributed by atoms with Crippen molar-refractivity contribution in [2.45, 2.75) is 19.4 Å². The molecule has 0 aromatic rings. The third-order valence-corrected chi connectivity index (χ3v) is 1.44. The molecule has 0 spiro atoms. The van der Waals surface area contributed by atoms with Crippen molar-refractivity contribution in [2.24, 2.45) is 5.73 Å². The average molecular weight is 203 g/mol. The van der Waals surface area contributed by atoms with E-state index >= 15 is 0 Å². The zero-order chi connectivity index (χ0) is 11.4. The molecular formula is C7H13N3O4. The Morgan fingerprint density at radius 3 is 2.21 bits per heavy atom. The van der Waals surface area contributed by atoms with Gasteiger partial charge in [0.15, 0.2) is 0 Å². The van der Waals surface area contributed by atoms with Crippen molar-refractivity contribution in [3.63, 3.8) is 0 Å². The van der Waals surface area contributed by atoms with Gasteiger partial charge in [0.1, 0.15) is 12.1 Å². The van der Waals surface area contributed by atoms with Crippen LogP contribution in [0.1, 0.15) is 13.8 Å². The number of primary amides is 1. The van der Waals surface area contributed by atoms with Crippen LogP contribution in [0.4, 0.5) is 4.79 Å². The van der Waals surface area contributed by atoms with Crippen molar-refractivity contribution in [1.29, 1.82) is 0 Å². The van der Waals surface area contributed by atoms with E-state index in [0.717, 1.165) is 0 Å². The van der Waals surface area contributed by atoms with Crippen molar-refractivity contribution in [1.82, 2.24) is 10.6 Å². The molecular weight excluding hydrogens is 190 g/mol. The number of carbonyl (C=O) groups excluding carboxylic acids is 2. The topological polar surface area (TPSA) is 122 Å². The molecule has 0 saturated heterocycles. The minimum Gasteiger partial charge on any atom is -0.480 e. The number of hydrogen-bond acceptors (Lipinski definition) is 3. The number of hydrogen-bond donors (Lipinski definition) is 4. The number of aliphatic carboxylic acids is 1. The van der Waals surface area contributed by atoms with Gasteiger partial charge in [0.2, 0.25) is 5.91 Å². The lowest BCUT2D eigenvalue weighted by atomic mass is 10.1. The molecule has 0 heterocycles. The summed E-state index contributed by atoms with van der Waals surface area (Å²) < 4.78 is 0. The van der Waals surface area contributed by atoms with E-state index in [-0.39, 0.29) is 0 Å². The molecule has 5 N–H and O–H groups in total. The van der Waals surface area contributed by atoms with Gasteiger partial charge in [-0.3, -0.25) is 9.59 Å². The molecule has 0 atom stereocenters. The Morgan fingerprint density at radius 2 is 1.86 bits per heavy atom. The third-order valence-electron chi connectivity index (χ3n) is 1.44. The van der Waals surface area contributed by atoms with Crippen molar-refractivity contribution >= 4 is 17.9 Å². The third kappa shape index (κ3) is 4.29. The van der Waals surface area contributed by atoms with Crippen molar-refractivity contribution in [3.05, 3.63) is 0 Å². The molecule has 7 heteroatoms. The lowest BCUT2D eigenvalue weighted by Gasteiger charge is -2.21. The molecule has 7 nitrogen and oxygen atoms in total. The van der Waals surface area contributed by atoms with E-state index < -0.39 is 30.0 Å². The van der Waals surface area contributed by atoms with Gasteiger partial charge in [0.05, 0.1) is 0 Å². The number of rotatable bonds is 4. The fourth-order valence-electron chi connectivity index (χ4n) is 0.546. The Bertz CT molecular complexity index is 262. The summed E-state index contributed by atoms with van der Waals surface area (Å²) in [6, 6.07) is -0.754. The standard InChI is InChI=1S/C7H13N3O4/c1-7(2,5(8)13)10-6(14)9-3-4(11)12/h3H2,1-2H3,(H2,8,13)(H,11,12)(H2,9,10,14). The summed E-state index contributed by atoms with van der Waals surface area (Å²) in [6.07, 6.45) is 0. The molecule has 0 bridgehead atoms. The van der Waals surface area contributed by atoms with Crippen LogP contribution in [-0.2, 0) is 9.59 Å². The van der Waals surface area contributed by atoms with Gasteiger partial charge < -0.3 is 21.5 Å². The fourth-order valence-corrected chi connectivity index (χ4v) is 0.546. The van der Waals surface area contributed by atoms with Gasteiger partial charge in [0.25, 0.3) is 0 Å². The van der Waals surface area contributed by atoms with Gasteiger partial charge in [-0.1, -0.05) is 0 Å². The Balaban J connectivity index is 4.06. The van der Waals surface area contributed by atoms with Gasteiger partial charge in [-0.15, -0.1) is 0 Å². The predicted molar refractivity (Wildman–Crippen MR) is 47.4 cm³/mol. The van der Waals surface area contributed by atoms with Crippen LogP contribution in [0.3, 0.4) is 0 Å². The molecule has 0 aromatic carbocycles. The van der Waals surface area contributed by atoms with E-state index in [4.69, 9.17) is 10.8 Å². The van der Waals surface area contributed by atoms with Crippen LogP contribution >= 0.6 is 0 Å². The van der Waals surface area contributed by atoms with Crippen LogP contribution in [0.15, 0.2) is 0 Å². The molecule has 0 aliphatic rings. The van der Waals surface area contributed by atoms with Gasteiger partial charge in [-0.25, -0.2) is 4.79 Å². The normalized spacial score (nSPS) is 10.4. The Labute approximate surface area is 80.6 Å². The maximum absolute atomic E-state index is 11.0. The van der Waals surface area contributed by atoms with Gasteiger partial charge in [-0.2, -0.15) is 0 Å². The largest absolute Gasteiger partial charge is 0.480 e. The maximum atomic E-state index is 11.0. The van der Waals surface area contributed by atoms with Gasteiger partial charge >= 0.3 is 12.0 Å². The summed E-state index contributed by atoms with van der Waals surface area (Å²) >= 11 is 0.